The molecule has 0 aromatic carbocycles. The van der Waals surface area contributed by atoms with Crippen molar-refractivity contribution in [3.8, 4) is 5.95 Å². The Morgan fingerprint density at radius 1 is 1.25 bits per heavy atom. The van der Waals surface area contributed by atoms with E-state index in [9.17, 15) is 0 Å². The van der Waals surface area contributed by atoms with Crippen molar-refractivity contribution >= 4 is 17.5 Å². The molecule has 0 aliphatic heterocycles. The molecule has 102 valence electrons. The van der Waals surface area contributed by atoms with Gasteiger partial charge in [-0.15, -0.1) is 0 Å². The fourth-order valence-corrected chi connectivity index (χ4v) is 1.79. The van der Waals surface area contributed by atoms with E-state index in [-0.39, 0.29) is 5.28 Å². The zero-order chi connectivity index (χ0) is 13.8. The summed E-state index contributed by atoms with van der Waals surface area (Å²) in [5.41, 5.74) is 0. The van der Waals surface area contributed by atoms with Crippen LogP contribution in [0.5, 0.6) is 0 Å². The molecule has 9 heteroatoms. The van der Waals surface area contributed by atoms with Crippen LogP contribution in [0.4, 0.5) is 5.95 Å². The van der Waals surface area contributed by atoms with Crippen molar-refractivity contribution in [3.63, 3.8) is 0 Å². The first-order chi connectivity index (χ1) is 9.81. The van der Waals surface area contributed by atoms with Crippen LogP contribution < -0.4 is 5.32 Å². The number of imidazole rings is 2. The molecule has 0 saturated carbocycles. The van der Waals surface area contributed by atoms with Crippen molar-refractivity contribution in [2.45, 2.75) is 6.42 Å². The largest absolute Gasteiger partial charge is 0.354 e. The zero-order valence-corrected chi connectivity index (χ0v) is 11.1. The molecule has 3 aromatic heterocycles. The maximum absolute atomic E-state index is 5.89. The second-order valence-electron chi connectivity index (χ2n) is 3.91. The molecule has 0 spiro atoms. The molecule has 0 amide bonds. The Bertz CT molecular complexity index is 664. The number of hydrogen-bond acceptors (Lipinski definition) is 6. The molecular weight excluding hydrogens is 280 g/mol. The Labute approximate surface area is 119 Å². The number of aromatic amines is 1. The highest BCUT2D eigenvalue weighted by atomic mass is 35.5. The van der Waals surface area contributed by atoms with E-state index in [1.165, 1.54) is 0 Å². The number of anilines is 1. The van der Waals surface area contributed by atoms with E-state index in [4.69, 9.17) is 11.6 Å². The molecule has 0 fully saturated rings. The maximum Gasteiger partial charge on any atom is 0.241 e. The fraction of sp³-hybridized carbons (Fsp3) is 0.182. The minimum absolute atomic E-state index is 0.129. The van der Waals surface area contributed by atoms with E-state index < -0.39 is 0 Å². The Kier molecular flexibility index (Phi) is 3.55. The second-order valence-corrected chi connectivity index (χ2v) is 4.25. The molecule has 0 aliphatic carbocycles. The number of nitrogens with one attached hydrogen (secondary N) is 2. The Morgan fingerprint density at radius 3 is 2.95 bits per heavy atom. The van der Waals surface area contributed by atoms with E-state index in [0.29, 0.717) is 18.4 Å². The van der Waals surface area contributed by atoms with Crippen molar-refractivity contribution in [2.75, 3.05) is 11.9 Å². The van der Waals surface area contributed by atoms with Gasteiger partial charge in [0.15, 0.2) is 0 Å². The van der Waals surface area contributed by atoms with E-state index in [1.54, 1.807) is 35.7 Å². The van der Waals surface area contributed by atoms with Crippen LogP contribution in [-0.4, -0.2) is 41.0 Å². The van der Waals surface area contributed by atoms with Gasteiger partial charge >= 0.3 is 0 Å². The van der Waals surface area contributed by atoms with Crippen molar-refractivity contribution < 1.29 is 0 Å². The average molecular weight is 291 g/mol. The number of H-pyrrole nitrogens is 1. The topological polar surface area (TPSA) is 97.2 Å². The third-order valence-electron chi connectivity index (χ3n) is 2.53. The number of nitrogens with zero attached hydrogens (tertiary/aromatic N) is 6. The van der Waals surface area contributed by atoms with Crippen LogP contribution in [0, 0.1) is 0 Å². The summed E-state index contributed by atoms with van der Waals surface area (Å²) < 4.78 is 1.66. The summed E-state index contributed by atoms with van der Waals surface area (Å²) in [5.74, 6) is 1.73. The minimum Gasteiger partial charge on any atom is -0.354 e. The van der Waals surface area contributed by atoms with Gasteiger partial charge in [-0.05, 0) is 11.6 Å². The molecule has 0 unspecified atom stereocenters. The number of halogens is 1. The zero-order valence-electron chi connectivity index (χ0n) is 10.4. The standard InChI is InChI=1S/C11H11ClN8/c12-9-17-10(16-2-1-8-14-3-4-15-8)19-11(18-9)20-6-5-13-7-20/h3-7H,1-2H2,(H,14,15)(H,16,17,18,19). The SMILES string of the molecule is Clc1nc(NCCc2ncc[nH]2)nc(-n2ccnc2)n1. The third kappa shape index (κ3) is 2.91. The molecule has 0 radical (unpaired) electrons. The Hall–Kier alpha value is -2.48. The van der Waals surface area contributed by atoms with E-state index >= 15 is 0 Å². The smallest absolute Gasteiger partial charge is 0.241 e. The van der Waals surface area contributed by atoms with Crippen LogP contribution in [0.15, 0.2) is 31.1 Å². The normalized spacial score (nSPS) is 10.7. The lowest BCUT2D eigenvalue weighted by Gasteiger charge is -2.06. The van der Waals surface area contributed by atoms with Gasteiger partial charge in [0.05, 0.1) is 0 Å². The highest BCUT2D eigenvalue weighted by Gasteiger charge is 2.06. The van der Waals surface area contributed by atoms with Crippen LogP contribution in [0.2, 0.25) is 5.28 Å². The van der Waals surface area contributed by atoms with Crippen LogP contribution in [0.3, 0.4) is 0 Å². The van der Waals surface area contributed by atoms with Gasteiger partial charge in [0, 0.05) is 37.8 Å². The van der Waals surface area contributed by atoms with E-state index in [0.717, 1.165) is 12.2 Å². The molecule has 3 heterocycles. The Balaban J connectivity index is 1.70. The molecule has 0 aliphatic rings. The lowest BCUT2D eigenvalue weighted by molar-refractivity contribution is 0.871. The van der Waals surface area contributed by atoms with Crippen LogP contribution in [-0.2, 0) is 6.42 Å². The molecule has 0 bridgehead atoms. The number of hydrogen-bond donors (Lipinski definition) is 2. The van der Waals surface area contributed by atoms with Gasteiger partial charge in [-0.2, -0.15) is 15.0 Å². The van der Waals surface area contributed by atoms with E-state index in [1.807, 2.05) is 0 Å². The van der Waals surface area contributed by atoms with Gasteiger partial charge in [-0.25, -0.2) is 9.97 Å². The average Bonchev–Trinajstić information content (AvgIpc) is 3.11. The first-order valence-corrected chi connectivity index (χ1v) is 6.31. The summed E-state index contributed by atoms with van der Waals surface area (Å²) >= 11 is 5.89. The first kappa shape index (κ1) is 12.5. The van der Waals surface area contributed by atoms with Crippen molar-refractivity contribution in [2.24, 2.45) is 0 Å². The van der Waals surface area contributed by atoms with Crippen molar-refractivity contribution in [1.82, 2.24) is 34.5 Å². The molecule has 0 saturated heterocycles. The third-order valence-corrected chi connectivity index (χ3v) is 2.70. The quantitative estimate of drug-likeness (QED) is 0.730. The fourth-order valence-electron chi connectivity index (χ4n) is 1.64. The van der Waals surface area contributed by atoms with Crippen LogP contribution in [0.1, 0.15) is 5.82 Å². The molecule has 0 atom stereocenters. The van der Waals surface area contributed by atoms with Crippen molar-refractivity contribution in [3.05, 3.63) is 42.2 Å². The van der Waals surface area contributed by atoms with Gasteiger partial charge in [-0.3, -0.25) is 4.57 Å². The van der Waals surface area contributed by atoms with Gasteiger partial charge in [0.1, 0.15) is 12.2 Å². The lowest BCUT2D eigenvalue weighted by Crippen LogP contribution is -2.11. The monoisotopic (exact) mass is 290 g/mol. The summed E-state index contributed by atoms with van der Waals surface area (Å²) in [6, 6.07) is 0. The lowest BCUT2D eigenvalue weighted by atomic mass is 10.4. The summed E-state index contributed by atoms with van der Waals surface area (Å²) in [6.45, 7) is 0.636. The molecular formula is C11H11ClN8. The maximum atomic E-state index is 5.89. The van der Waals surface area contributed by atoms with Gasteiger partial charge in [-0.1, -0.05) is 0 Å². The summed E-state index contributed by atoms with van der Waals surface area (Å²) in [5, 5.41) is 3.21. The molecule has 20 heavy (non-hydrogen) atoms. The number of rotatable bonds is 5. The van der Waals surface area contributed by atoms with Gasteiger partial charge < -0.3 is 10.3 Å². The van der Waals surface area contributed by atoms with Gasteiger partial charge in [0.2, 0.25) is 17.2 Å². The number of aromatic nitrogens is 7. The molecule has 8 nitrogen and oxygen atoms in total. The van der Waals surface area contributed by atoms with Crippen LogP contribution in [0.25, 0.3) is 5.95 Å². The second kappa shape index (κ2) is 5.66. The predicted molar refractivity (Wildman–Crippen MR) is 72.7 cm³/mol. The van der Waals surface area contributed by atoms with Crippen LogP contribution >= 0.6 is 11.6 Å². The molecule has 2 N–H and O–H groups in total. The first-order valence-electron chi connectivity index (χ1n) is 5.93. The summed E-state index contributed by atoms with van der Waals surface area (Å²) in [4.78, 5) is 23.4. The Morgan fingerprint density at radius 2 is 2.20 bits per heavy atom. The summed E-state index contributed by atoms with van der Waals surface area (Å²) in [6.07, 6.45) is 9.20. The molecule has 3 rings (SSSR count). The highest BCUT2D eigenvalue weighted by Crippen LogP contribution is 2.09. The van der Waals surface area contributed by atoms with Crippen molar-refractivity contribution in [1.29, 1.82) is 0 Å². The van der Waals surface area contributed by atoms with Gasteiger partial charge in [0.25, 0.3) is 0 Å². The van der Waals surface area contributed by atoms with E-state index in [2.05, 4.69) is 35.2 Å². The molecule has 3 aromatic rings. The highest BCUT2D eigenvalue weighted by molar-refractivity contribution is 6.28. The predicted octanol–water partition coefficient (Wildman–Crippen LogP) is 1.09. The minimum atomic E-state index is 0.129. The summed E-state index contributed by atoms with van der Waals surface area (Å²) in [7, 11) is 0.